The number of cyclic esters (lactones) is 4. The SMILES string of the molecule is O=C1C[C@]2(C(=O)O1)[C@@H]1C(=O)OC(=O)[C@@H]1[C@H]1C=CC=NN12. The van der Waals surface area contributed by atoms with Gasteiger partial charge in [0.15, 0.2) is 5.54 Å². The van der Waals surface area contributed by atoms with Crippen molar-refractivity contribution in [2.75, 3.05) is 0 Å². The highest BCUT2D eigenvalue weighted by molar-refractivity contribution is 6.08. The number of allylic oxidation sites excluding steroid dienone is 1. The second-order valence-corrected chi connectivity index (χ2v) is 5.09. The smallest absolute Gasteiger partial charge is 0.342 e. The minimum Gasteiger partial charge on any atom is -0.393 e. The maximum Gasteiger partial charge on any atom is 0.342 e. The number of carbonyl (C=O) groups is 4. The fourth-order valence-electron chi connectivity index (χ4n) is 3.49. The molecule has 3 saturated heterocycles. The third-order valence-corrected chi connectivity index (χ3v) is 4.22. The molecule has 4 aliphatic rings. The molecule has 0 bridgehead atoms. The standard InChI is InChI=1S/C12H8N2O6/c15-6-4-12(11(18)19-6)8-7(9(16)20-10(8)17)5-2-1-3-13-14(5)12/h1-3,5,7-8H,4H2/t5-,7-,8+,12-/m1/s1. The van der Waals surface area contributed by atoms with Crippen LogP contribution in [0.2, 0.25) is 0 Å². The van der Waals surface area contributed by atoms with E-state index >= 15 is 0 Å². The number of esters is 4. The lowest BCUT2D eigenvalue weighted by Gasteiger charge is -2.33. The van der Waals surface area contributed by atoms with Crippen LogP contribution in [0, 0.1) is 11.8 Å². The van der Waals surface area contributed by atoms with Gasteiger partial charge < -0.3 is 9.47 Å². The van der Waals surface area contributed by atoms with Gasteiger partial charge in [-0.2, -0.15) is 5.10 Å². The van der Waals surface area contributed by atoms with Crippen molar-refractivity contribution in [1.82, 2.24) is 5.01 Å². The molecule has 0 saturated carbocycles. The van der Waals surface area contributed by atoms with E-state index < -0.39 is 47.3 Å². The average molecular weight is 276 g/mol. The van der Waals surface area contributed by atoms with E-state index in [-0.39, 0.29) is 6.42 Å². The molecule has 0 amide bonds. The first-order chi connectivity index (χ1) is 9.55. The normalized spacial score (nSPS) is 41.2. The molecule has 4 heterocycles. The highest BCUT2D eigenvalue weighted by Crippen LogP contribution is 2.53. The molecule has 8 heteroatoms. The molecule has 4 atom stereocenters. The highest BCUT2D eigenvalue weighted by atomic mass is 16.6. The zero-order chi connectivity index (χ0) is 14.1. The van der Waals surface area contributed by atoms with E-state index in [1.807, 2.05) is 0 Å². The van der Waals surface area contributed by atoms with E-state index in [1.54, 1.807) is 12.2 Å². The third kappa shape index (κ3) is 1.06. The van der Waals surface area contributed by atoms with Crippen LogP contribution in [0.3, 0.4) is 0 Å². The van der Waals surface area contributed by atoms with Crippen LogP contribution in [-0.4, -0.2) is 46.7 Å². The Morgan fingerprint density at radius 2 is 2.00 bits per heavy atom. The summed E-state index contributed by atoms with van der Waals surface area (Å²) in [6.45, 7) is 0. The van der Waals surface area contributed by atoms with Gasteiger partial charge in [-0.15, -0.1) is 0 Å². The molecule has 20 heavy (non-hydrogen) atoms. The van der Waals surface area contributed by atoms with E-state index in [4.69, 9.17) is 0 Å². The topological polar surface area (TPSA) is 102 Å². The lowest BCUT2D eigenvalue weighted by atomic mass is 9.79. The fourth-order valence-corrected chi connectivity index (χ4v) is 3.49. The number of hydrogen-bond acceptors (Lipinski definition) is 8. The Bertz CT molecular complexity index is 638. The molecule has 1 spiro atoms. The van der Waals surface area contributed by atoms with Crippen LogP contribution < -0.4 is 0 Å². The van der Waals surface area contributed by atoms with Crippen molar-refractivity contribution in [3.8, 4) is 0 Å². The van der Waals surface area contributed by atoms with Crippen molar-refractivity contribution in [2.24, 2.45) is 16.9 Å². The summed E-state index contributed by atoms with van der Waals surface area (Å²) in [5, 5.41) is 5.41. The van der Waals surface area contributed by atoms with Gasteiger partial charge in [0.2, 0.25) is 0 Å². The Kier molecular flexibility index (Phi) is 1.88. The summed E-state index contributed by atoms with van der Waals surface area (Å²) in [4.78, 5) is 47.5. The summed E-state index contributed by atoms with van der Waals surface area (Å²) in [6, 6.07) is -0.581. The minimum atomic E-state index is -1.56. The summed E-state index contributed by atoms with van der Waals surface area (Å²) < 4.78 is 9.24. The van der Waals surface area contributed by atoms with Gasteiger partial charge in [-0.05, 0) is 6.08 Å². The van der Waals surface area contributed by atoms with E-state index in [9.17, 15) is 19.2 Å². The van der Waals surface area contributed by atoms with Crippen molar-refractivity contribution in [2.45, 2.75) is 18.0 Å². The molecule has 4 rings (SSSR count). The quantitative estimate of drug-likeness (QED) is 0.402. The Labute approximate surface area is 112 Å². The molecule has 0 aliphatic carbocycles. The van der Waals surface area contributed by atoms with Crippen LogP contribution >= 0.6 is 0 Å². The largest absolute Gasteiger partial charge is 0.393 e. The first-order valence-corrected chi connectivity index (χ1v) is 6.06. The molecule has 8 nitrogen and oxygen atoms in total. The van der Waals surface area contributed by atoms with Crippen LogP contribution in [0.4, 0.5) is 0 Å². The van der Waals surface area contributed by atoms with E-state index in [2.05, 4.69) is 14.6 Å². The van der Waals surface area contributed by atoms with Gasteiger partial charge in [-0.25, -0.2) is 4.79 Å². The monoisotopic (exact) mass is 276 g/mol. The van der Waals surface area contributed by atoms with E-state index in [1.165, 1.54) is 11.2 Å². The second-order valence-electron chi connectivity index (χ2n) is 5.09. The van der Waals surface area contributed by atoms with Gasteiger partial charge in [0.1, 0.15) is 5.92 Å². The fraction of sp³-hybridized carbons (Fsp3) is 0.417. The number of hydrogen-bond donors (Lipinski definition) is 0. The van der Waals surface area contributed by atoms with Gasteiger partial charge in [-0.1, -0.05) is 6.08 Å². The van der Waals surface area contributed by atoms with Crippen molar-refractivity contribution < 1.29 is 28.7 Å². The number of carbonyl (C=O) groups excluding carboxylic acids is 4. The lowest BCUT2D eigenvalue weighted by Crippen LogP contribution is -2.53. The average Bonchev–Trinajstić information content (AvgIpc) is 2.97. The Morgan fingerprint density at radius 3 is 2.70 bits per heavy atom. The summed E-state index contributed by atoms with van der Waals surface area (Å²) in [5.74, 6) is -4.97. The van der Waals surface area contributed by atoms with E-state index in [0.29, 0.717) is 0 Å². The van der Waals surface area contributed by atoms with Crippen LogP contribution in [-0.2, 0) is 28.7 Å². The molecule has 0 aromatic rings. The number of ether oxygens (including phenoxy) is 2. The van der Waals surface area contributed by atoms with Gasteiger partial charge >= 0.3 is 23.9 Å². The summed E-state index contributed by atoms with van der Waals surface area (Å²) in [6.07, 6.45) is 4.41. The zero-order valence-electron chi connectivity index (χ0n) is 10.0. The minimum absolute atomic E-state index is 0.308. The highest BCUT2D eigenvalue weighted by Gasteiger charge is 2.75. The summed E-state index contributed by atoms with van der Waals surface area (Å²) in [7, 11) is 0. The first-order valence-electron chi connectivity index (χ1n) is 6.06. The molecule has 0 aromatic carbocycles. The molecular weight excluding hydrogens is 268 g/mol. The molecule has 0 N–H and O–H groups in total. The zero-order valence-corrected chi connectivity index (χ0v) is 10.0. The Morgan fingerprint density at radius 1 is 1.20 bits per heavy atom. The molecule has 3 fully saturated rings. The number of nitrogens with zero attached hydrogens (tertiary/aromatic N) is 2. The third-order valence-electron chi connectivity index (χ3n) is 4.22. The van der Waals surface area contributed by atoms with Crippen molar-refractivity contribution in [3.05, 3.63) is 12.2 Å². The van der Waals surface area contributed by atoms with Crippen molar-refractivity contribution in [1.29, 1.82) is 0 Å². The van der Waals surface area contributed by atoms with Crippen LogP contribution in [0.25, 0.3) is 0 Å². The summed E-state index contributed by atoms with van der Waals surface area (Å²) in [5.41, 5.74) is -1.56. The maximum absolute atomic E-state index is 12.2. The number of rotatable bonds is 0. The van der Waals surface area contributed by atoms with Crippen LogP contribution in [0.15, 0.2) is 17.3 Å². The molecule has 4 aliphatic heterocycles. The number of fused-ring (bicyclic) bond motifs is 5. The van der Waals surface area contributed by atoms with Gasteiger partial charge in [0.25, 0.3) is 0 Å². The van der Waals surface area contributed by atoms with Crippen molar-refractivity contribution in [3.63, 3.8) is 0 Å². The van der Waals surface area contributed by atoms with Crippen LogP contribution in [0.5, 0.6) is 0 Å². The number of hydrazone groups is 1. The lowest BCUT2D eigenvalue weighted by molar-refractivity contribution is -0.163. The van der Waals surface area contributed by atoms with Gasteiger partial charge in [0.05, 0.1) is 18.4 Å². The predicted octanol–water partition coefficient (Wildman–Crippen LogP) is -1.25. The Balaban J connectivity index is 1.93. The van der Waals surface area contributed by atoms with Crippen molar-refractivity contribution >= 4 is 30.1 Å². The molecule has 102 valence electrons. The first kappa shape index (κ1) is 11.3. The van der Waals surface area contributed by atoms with E-state index in [0.717, 1.165) is 0 Å². The molecule has 0 unspecified atom stereocenters. The molecule has 0 aromatic heterocycles. The molecule has 0 radical (unpaired) electrons. The Hall–Kier alpha value is -2.51. The predicted molar refractivity (Wildman–Crippen MR) is 59.8 cm³/mol. The maximum atomic E-state index is 12.2. The van der Waals surface area contributed by atoms with Gasteiger partial charge in [-0.3, -0.25) is 19.4 Å². The molecular formula is C12H8N2O6. The van der Waals surface area contributed by atoms with Crippen LogP contribution in [0.1, 0.15) is 6.42 Å². The van der Waals surface area contributed by atoms with Gasteiger partial charge in [0, 0.05) is 6.21 Å². The summed E-state index contributed by atoms with van der Waals surface area (Å²) >= 11 is 0. The second kappa shape index (κ2) is 3.33.